The highest BCUT2D eigenvalue weighted by atomic mass is 16.1. The van der Waals surface area contributed by atoms with Gasteiger partial charge in [0.2, 0.25) is 5.91 Å². The van der Waals surface area contributed by atoms with Crippen molar-refractivity contribution in [2.45, 2.75) is 38.3 Å². The molecule has 19 heavy (non-hydrogen) atoms. The predicted molar refractivity (Wildman–Crippen MR) is 74.1 cm³/mol. The number of amidine groups is 1. The first-order chi connectivity index (χ1) is 9.24. The number of carbonyl (C=O) groups excluding carboxylic acids is 1. The molecule has 1 amide bonds. The van der Waals surface area contributed by atoms with Crippen LogP contribution in [-0.2, 0) is 11.3 Å². The van der Waals surface area contributed by atoms with Gasteiger partial charge in [-0.1, -0.05) is 24.3 Å². The molecule has 100 valence electrons. The quantitative estimate of drug-likeness (QED) is 0.846. The van der Waals surface area contributed by atoms with Crippen LogP contribution in [0.3, 0.4) is 0 Å². The Morgan fingerprint density at radius 1 is 1.37 bits per heavy atom. The van der Waals surface area contributed by atoms with E-state index < -0.39 is 0 Å². The molecule has 1 aromatic rings. The minimum absolute atomic E-state index is 0.158. The maximum atomic E-state index is 11.6. The van der Waals surface area contributed by atoms with Gasteiger partial charge in [-0.25, -0.2) is 0 Å². The maximum absolute atomic E-state index is 11.6. The first kappa shape index (κ1) is 12.2. The Kier molecular flexibility index (Phi) is 3.23. The third-order valence-corrected chi connectivity index (χ3v) is 3.72. The lowest BCUT2D eigenvalue weighted by Crippen LogP contribution is -2.28. The maximum Gasteiger partial charge on any atom is 0.220 e. The van der Waals surface area contributed by atoms with Crippen molar-refractivity contribution in [3.8, 4) is 0 Å². The van der Waals surface area contributed by atoms with Gasteiger partial charge >= 0.3 is 0 Å². The highest BCUT2D eigenvalue weighted by Gasteiger charge is 2.24. The zero-order valence-electron chi connectivity index (χ0n) is 11.0. The standard InChI is InChI=1S/C15H19N3O/c16-15-13-5-2-1-4-11(13)10-18(15)9-3-6-14(19)17-12-7-8-12/h1-2,4-5,12,16H,3,6-10H2,(H,17,19). The average molecular weight is 257 g/mol. The molecule has 1 fully saturated rings. The minimum Gasteiger partial charge on any atom is -0.353 e. The molecule has 3 rings (SSSR count). The molecule has 0 unspecified atom stereocenters. The van der Waals surface area contributed by atoms with Gasteiger partial charge in [0.15, 0.2) is 0 Å². The van der Waals surface area contributed by atoms with E-state index in [9.17, 15) is 4.79 Å². The molecule has 2 N–H and O–H groups in total. The second-order valence-electron chi connectivity index (χ2n) is 5.37. The van der Waals surface area contributed by atoms with Crippen LogP contribution in [0.15, 0.2) is 24.3 Å². The van der Waals surface area contributed by atoms with Gasteiger partial charge in [-0.3, -0.25) is 10.2 Å². The highest BCUT2D eigenvalue weighted by Crippen LogP contribution is 2.22. The van der Waals surface area contributed by atoms with Crippen molar-refractivity contribution in [3.63, 3.8) is 0 Å². The molecule has 0 saturated heterocycles. The Morgan fingerprint density at radius 3 is 2.89 bits per heavy atom. The summed E-state index contributed by atoms with van der Waals surface area (Å²) in [5.41, 5.74) is 2.25. The molecule has 2 aliphatic rings. The van der Waals surface area contributed by atoms with Crippen molar-refractivity contribution in [1.29, 1.82) is 5.41 Å². The largest absolute Gasteiger partial charge is 0.353 e. The molecule has 4 nitrogen and oxygen atoms in total. The van der Waals surface area contributed by atoms with E-state index in [4.69, 9.17) is 5.41 Å². The average Bonchev–Trinajstić information content (AvgIpc) is 3.15. The number of carbonyl (C=O) groups is 1. The number of hydrogen-bond acceptors (Lipinski definition) is 2. The Hall–Kier alpha value is -1.84. The van der Waals surface area contributed by atoms with E-state index in [2.05, 4.69) is 16.3 Å². The normalized spacial score (nSPS) is 17.5. The molecular formula is C15H19N3O. The third-order valence-electron chi connectivity index (χ3n) is 3.72. The van der Waals surface area contributed by atoms with Gasteiger partial charge in [0.05, 0.1) is 0 Å². The molecule has 0 radical (unpaired) electrons. The first-order valence-electron chi connectivity index (χ1n) is 6.95. The van der Waals surface area contributed by atoms with Crippen LogP contribution in [0.2, 0.25) is 0 Å². The van der Waals surface area contributed by atoms with Crippen LogP contribution in [0.1, 0.15) is 36.8 Å². The lowest BCUT2D eigenvalue weighted by Gasteiger charge is -2.17. The number of amides is 1. The van der Waals surface area contributed by atoms with E-state index in [1.807, 2.05) is 18.2 Å². The van der Waals surface area contributed by atoms with E-state index >= 15 is 0 Å². The van der Waals surface area contributed by atoms with Crippen LogP contribution in [-0.4, -0.2) is 29.2 Å². The van der Waals surface area contributed by atoms with E-state index in [1.54, 1.807) is 0 Å². The number of nitrogens with zero attached hydrogens (tertiary/aromatic N) is 1. The number of benzene rings is 1. The topological polar surface area (TPSA) is 56.2 Å². The summed E-state index contributed by atoms with van der Waals surface area (Å²) in [4.78, 5) is 13.6. The molecule has 1 aromatic carbocycles. The fourth-order valence-electron chi connectivity index (χ4n) is 2.49. The second kappa shape index (κ2) is 5.03. The predicted octanol–water partition coefficient (Wildman–Crippen LogP) is 1.89. The van der Waals surface area contributed by atoms with Gasteiger partial charge in [-0.05, 0) is 24.8 Å². The van der Waals surface area contributed by atoms with Crippen LogP contribution >= 0.6 is 0 Å². The number of fused-ring (bicyclic) bond motifs is 1. The molecule has 4 heteroatoms. The summed E-state index contributed by atoms with van der Waals surface area (Å²) in [6, 6.07) is 8.50. The van der Waals surface area contributed by atoms with E-state index in [1.165, 1.54) is 5.56 Å². The Bertz CT molecular complexity index is 508. The van der Waals surface area contributed by atoms with Gasteiger partial charge in [0.1, 0.15) is 5.84 Å². The SMILES string of the molecule is N=C1c2ccccc2CN1CCCC(=O)NC1CC1. The molecular weight excluding hydrogens is 238 g/mol. The molecule has 0 aromatic heterocycles. The summed E-state index contributed by atoms with van der Waals surface area (Å²) < 4.78 is 0. The van der Waals surface area contributed by atoms with Crippen molar-refractivity contribution in [2.24, 2.45) is 0 Å². The summed E-state index contributed by atoms with van der Waals surface area (Å²) in [7, 11) is 0. The summed E-state index contributed by atoms with van der Waals surface area (Å²) in [6.07, 6.45) is 3.65. The van der Waals surface area contributed by atoms with Crippen molar-refractivity contribution in [3.05, 3.63) is 35.4 Å². The summed E-state index contributed by atoms with van der Waals surface area (Å²) in [5.74, 6) is 0.754. The van der Waals surface area contributed by atoms with Crippen LogP contribution in [0, 0.1) is 5.41 Å². The number of nitrogens with one attached hydrogen (secondary N) is 2. The Morgan fingerprint density at radius 2 is 2.16 bits per heavy atom. The van der Waals surface area contributed by atoms with E-state index in [0.29, 0.717) is 18.3 Å². The van der Waals surface area contributed by atoms with E-state index in [-0.39, 0.29) is 5.91 Å². The monoisotopic (exact) mass is 257 g/mol. The molecule has 0 atom stereocenters. The van der Waals surface area contributed by atoms with Gasteiger partial charge in [-0.15, -0.1) is 0 Å². The number of rotatable bonds is 5. The lowest BCUT2D eigenvalue weighted by molar-refractivity contribution is -0.121. The lowest BCUT2D eigenvalue weighted by atomic mass is 10.1. The highest BCUT2D eigenvalue weighted by molar-refractivity contribution is 6.00. The van der Waals surface area contributed by atoms with Gasteiger partial charge < -0.3 is 10.2 Å². The number of hydrogen-bond donors (Lipinski definition) is 2. The third kappa shape index (κ3) is 2.78. The smallest absolute Gasteiger partial charge is 0.220 e. The van der Waals surface area contributed by atoms with Crippen molar-refractivity contribution >= 4 is 11.7 Å². The zero-order valence-corrected chi connectivity index (χ0v) is 11.0. The summed E-state index contributed by atoms with van der Waals surface area (Å²) >= 11 is 0. The summed E-state index contributed by atoms with van der Waals surface area (Å²) in [6.45, 7) is 1.59. The molecule has 0 bridgehead atoms. The van der Waals surface area contributed by atoms with Crippen molar-refractivity contribution in [2.75, 3.05) is 6.54 Å². The molecule has 1 aliphatic heterocycles. The van der Waals surface area contributed by atoms with Gasteiger partial charge in [-0.2, -0.15) is 0 Å². The Balaban J connectivity index is 1.47. The van der Waals surface area contributed by atoms with E-state index in [0.717, 1.165) is 37.9 Å². The van der Waals surface area contributed by atoms with Crippen LogP contribution in [0.4, 0.5) is 0 Å². The fourth-order valence-corrected chi connectivity index (χ4v) is 2.49. The van der Waals surface area contributed by atoms with Gasteiger partial charge in [0, 0.05) is 31.1 Å². The molecule has 1 heterocycles. The molecule has 1 aliphatic carbocycles. The molecule has 0 spiro atoms. The molecule has 1 saturated carbocycles. The van der Waals surface area contributed by atoms with Crippen molar-refractivity contribution in [1.82, 2.24) is 10.2 Å². The van der Waals surface area contributed by atoms with Gasteiger partial charge in [0.25, 0.3) is 0 Å². The van der Waals surface area contributed by atoms with Crippen LogP contribution < -0.4 is 5.32 Å². The minimum atomic E-state index is 0.158. The van der Waals surface area contributed by atoms with Crippen molar-refractivity contribution < 1.29 is 4.79 Å². The Labute approximate surface area is 113 Å². The fraction of sp³-hybridized carbons (Fsp3) is 0.467. The summed E-state index contributed by atoms with van der Waals surface area (Å²) in [5, 5.41) is 11.1. The first-order valence-corrected chi connectivity index (χ1v) is 6.95. The van der Waals surface area contributed by atoms with Crippen LogP contribution in [0.5, 0.6) is 0 Å². The second-order valence-corrected chi connectivity index (χ2v) is 5.37. The zero-order chi connectivity index (χ0) is 13.2. The van der Waals surface area contributed by atoms with Crippen LogP contribution in [0.25, 0.3) is 0 Å².